The average molecular weight is 379 g/mol. The minimum Gasteiger partial charge on any atom is -0.357 e. The Labute approximate surface area is 154 Å². The van der Waals surface area contributed by atoms with E-state index in [1.54, 1.807) is 29.3 Å². The lowest BCUT2D eigenvalue weighted by atomic mass is 10.0. The van der Waals surface area contributed by atoms with Crippen molar-refractivity contribution in [1.29, 1.82) is 0 Å². The van der Waals surface area contributed by atoms with Crippen molar-refractivity contribution in [1.82, 2.24) is 15.2 Å². The van der Waals surface area contributed by atoms with Gasteiger partial charge < -0.3 is 15.2 Å². The number of nitrogens with one attached hydrogen (secondary N) is 2. The zero-order valence-electron chi connectivity index (χ0n) is 14.6. The van der Waals surface area contributed by atoms with Crippen molar-refractivity contribution in [3.05, 3.63) is 47.8 Å². The van der Waals surface area contributed by atoms with Crippen LogP contribution in [0.3, 0.4) is 0 Å². The van der Waals surface area contributed by atoms with Crippen molar-refractivity contribution >= 4 is 11.8 Å². The highest BCUT2D eigenvalue weighted by Gasteiger charge is 2.28. The van der Waals surface area contributed by atoms with Crippen LogP contribution in [0.4, 0.5) is 13.2 Å². The summed E-state index contributed by atoms with van der Waals surface area (Å²) in [6.07, 6.45) is 0.313. The molecule has 0 unspecified atom stereocenters. The number of nitrogens with zero attached hydrogens (tertiary/aromatic N) is 1. The zero-order valence-corrected chi connectivity index (χ0v) is 14.6. The van der Waals surface area contributed by atoms with Crippen LogP contribution in [0.5, 0.6) is 0 Å². The number of carbonyl (C=O) groups is 2. The Balaban J connectivity index is 1.73. The molecule has 0 atom stereocenters. The van der Waals surface area contributed by atoms with Gasteiger partial charge in [0.05, 0.1) is 0 Å². The summed E-state index contributed by atoms with van der Waals surface area (Å²) in [5, 5.41) is 1.85. The van der Waals surface area contributed by atoms with Crippen LogP contribution in [0, 0.1) is 0 Å². The summed E-state index contributed by atoms with van der Waals surface area (Å²) in [5.41, 5.74) is 1.92. The molecule has 1 aromatic carbocycles. The fourth-order valence-corrected chi connectivity index (χ4v) is 3.07. The summed E-state index contributed by atoms with van der Waals surface area (Å²) < 4.78 is 36.8. The van der Waals surface area contributed by atoms with Gasteiger partial charge in [0.15, 0.2) is 0 Å². The Hall–Kier alpha value is -2.77. The standard InChI is InChI=1S/C19H20F3N3O2/c20-19(21,22)12-24-17(26)14-6-4-5-13(9-14)15-10-16(23-11-15)18(27)25-7-2-1-3-8-25/h4-6,9-11,23H,1-3,7-8,12H2,(H,24,26). The molecule has 0 radical (unpaired) electrons. The second-order valence-corrected chi connectivity index (χ2v) is 6.53. The quantitative estimate of drug-likeness (QED) is 0.853. The van der Waals surface area contributed by atoms with Gasteiger partial charge in [0.1, 0.15) is 12.2 Å². The van der Waals surface area contributed by atoms with Gasteiger partial charge in [-0.2, -0.15) is 13.2 Å². The fourth-order valence-electron chi connectivity index (χ4n) is 3.07. The first kappa shape index (κ1) is 19.0. The van der Waals surface area contributed by atoms with E-state index in [0.29, 0.717) is 16.8 Å². The van der Waals surface area contributed by atoms with E-state index in [-0.39, 0.29) is 11.5 Å². The first-order chi connectivity index (χ1) is 12.8. The van der Waals surface area contributed by atoms with Crippen LogP contribution >= 0.6 is 0 Å². The van der Waals surface area contributed by atoms with Gasteiger partial charge in [-0.3, -0.25) is 9.59 Å². The number of hydrogen-bond acceptors (Lipinski definition) is 2. The highest BCUT2D eigenvalue weighted by molar-refractivity contribution is 5.96. The Bertz CT molecular complexity index is 824. The van der Waals surface area contributed by atoms with Crippen molar-refractivity contribution in [2.45, 2.75) is 25.4 Å². The molecule has 0 saturated carbocycles. The van der Waals surface area contributed by atoms with Crippen molar-refractivity contribution in [3.8, 4) is 11.1 Å². The Morgan fingerprint density at radius 3 is 2.52 bits per heavy atom. The molecule has 2 heterocycles. The number of amides is 2. The van der Waals surface area contributed by atoms with E-state index in [2.05, 4.69) is 4.98 Å². The van der Waals surface area contributed by atoms with Crippen molar-refractivity contribution in [2.75, 3.05) is 19.6 Å². The van der Waals surface area contributed by atoms with Gasteiger partial charge in [0, 0.05) is 24.8 Å². The number of carbonyl (C=O) groups excluding carboxylic acids is 2. The van der Waals surface area contributed by atoms with Crippen molar-refractivity contribution in [3.63, 3.8) is 0 Å². The molecule has 144 valence electrons. The maximum atomic E-state index is 12.5. The molecule has 2 aromatic rings. The van der Waals surface area contributed by atoms with E-state index in [4.69, 9.17) is 0 Å². The van der Waals surface area contributed by atoms with Crippen LogP contribution in [0.25, 0.3) is 11.1 Å². The lowest BCUT2D eigenvalue weighted by Crippen LogP contribution is -2.35. The predicted octanol–water partition coefficient (Wildman–Crippen LogP) is 3.60. The van der Waals surface area contributed by atoms with Crippen molar-refractivity contribution < 1.29 is 22.8 Å². The van der Waals surface area contributed by atoms with Crippen LogP contribution in [-0.4, -0.2) is 47.5 Å². The minimum atomic E-state index is -4.46. The number of aromatic amines is 1. The number of aromatic nitrogens is 1. The monoisotopic (exact) mass is 379 g/mol. The van der Waals surface area contributed by atoms with Gasteiger partial charge in [-0.15, -0.1) is 0 Å². The van der Waals surface area contributed by atoms with Crippen LogP contribution in [0.15, 0.2) is 36.5 Å². The smallest absolute Gasteiger partial charge is 0.357 e. The molecule has 1 aliphatic rings. The lowest BCUT2D eigenvalue weighted by Gasteiger charge is -2.26. The molecule has 1 aromatic heterocycles. The van der Waals surface area contributed by atoms with E-state index in [0.717, 1.165) is 32.4 Å². The third kappa shape index (κ3) is 4.90. The molecule has 3 rings (SSSR count). The van der Waals surface area contributed by atoms with Gasteiger partial charge in [0.25, 0.3) is 11.8 Å². The minimum absolute atomic E-state index is 0.0694. The van der Waals surface area contributed by atoms with Gasteiger partial charge in [0.2, 0.25) is 0 Å². The van der Waals surface area contributed by atoms with Gasteiger partial charge in [-0.25, -0.2) is 0 Å². The van der Waals surface area contributed by atoms with Gasteiger partial charge in [-0.1, -0.05) is 12.1 Å². The number of likely N-dealkylation sites (tertiary alicyclic amines) is 1. The second kappa shape index (κ2) is 7.85. The molecule has 1 saturated heterocycles. The lowest BCUT2D eigenvalue weighted by molar-refractivity contribution is -0.123. The van der Waals surface area contributed by atoms with Crippen molar-refractivity contribution in [2.24, 2.45) is 0 Å². The molecule has 2 amide bonds. The number of hydrogen-bond donors (Lipinski definition) is 2. The van der Waals surface area contributed by atoms with Crippen LogP contribution < -0.4 is 5.32 Å². The maximum absolute atomic E-state index is 12.5. The Kier molecular flexibility index (Phi) is 5.53. The number of alkyl halides is 3. The molecule has 0 spiro atoms. The largest absolute Gasteiger partial charge is 0.405 e. The SMILES string of the molecule is O=C(NCC(F)(F)F)c1cccc(-c2c[nH]c(C(=O)N3CCCCC3)c2)c1. The topological polar surface area (TPSA) is 65.2 Å². The third-order valence-electron chi connectivity index (χ3n) is 4.46. The normalized spacial score (nSPS) is 14.9. The fraction of sp³-hybridized carbons (Fsp3) is 0.368. The van der Waals surface area contributed by atoms with Crippen LogP contribution in [0.2, 0.25) is 0 Å². The number of H-pyrrole nitrogens is 1. The number of halogens is 3. The molecule has 1 fully saturated rings. The van der Waals surface area contributed by atoms with Crippen LogP contribution in [0.1, 0.15) is 40.1 Å². The molecule has 27 heavy (non-hydrogen) atoms. The van der Waals surface area contributed by atoms with E-state index < -0.39 is 18.6 Å². The van der Waals surface area contributed by atoms with E-state index >= 15 is 0 Å². The van der Waals surface area contributed by atoms with Gasteiger partial charge >= 0.3 is 6.18 Å². The Morgan fingerprint density at radius 2 is 1.81 bits per heavy atom. The molecule has 5 nitrogen and oxygen atoms in total. The molecular weight excluding hydrogens is 359 g/mol. The Morgan fingerprint density at radius 1 is 1.07 bits per heavy atom. The molecule has 2 N–H and O–H groups in total. The zero-order chi connectivity index (χ0) is 19.4. The average Bonchev–Trinajstić information content (AvgIpc) is 3.16. The summed E-state index contributed by atoms with van der Waals surface area (Å²) in [7, 11) is 0. The van der Waals surface area contributed by atoms with Crippen LogP contribution in [-0.2, 0) is 0 Å². The first-order valence-electron chi connectivity index (χ1n) is 8.76. The summed E-state index contributed by atoms with van der Waals surface area (Å²) in [6, 6.07) is 7.98. The molecule has 0 aliphatic carbocycles. The predicted molar refractivity (Wildman–Crippen MR) is 94.4 cm³/mol. The molecule has 1 aliphatic heterocycles. The summed E-state index contributed by atoms with van der Waals surface area (Å²) in [6.45, 7) is 0.0960. The number of piperidine rings is 1. The van der Waals surface area contributed by atoms with E-state index in [1.165, 1.54) is 12.1 Å². The number of rotatable bonds is 4. The van der Waals surface area contributed by atoms with Gasteiger partial charge in [-0.05, 0) is 48.6 Å². The molecular formula is C19H20F3N3O2. The molecule has 8 heteroatoms. The second-order valence-electron chi connectivity index (χ2n) is 6.53. The molecule has 0 bridgehead atoms. The summed E-state index contributed by atoms with van der Waals surface area (Å²) >= 11 is 0. The first-order valence-corrected chi connectivity index (χ1v) is 8.76. The summed E-state index contributed by atoms with van der Waals surface area (Å²) in [5.74, 6) is -0.866. The van der Waals surface area contributed by atoms with E-state index in [1.807, 2.05) is 5.32 Å². The highest BCUT2D eigenvalue weighted by atomic mass is 19.4. The maximum Gasteiger partial charge on any atom is 0.405 e. The summed E-state index contributed by atoms with van der Waals surface area (Å²) in [4.78, 5) is 29.2. The number of benzene rings is 1. The van der Waals surface area contributed by atoms with E-state index in [9.17, 15) is 22.8 Å². The third-order valence-corrected chi connectivity index (χ3v) is 4.46. The highest BCUT2D eigenvalue weighted by Crippen LogP contribution is 2.23.